The summed E-state index contributed by atoms with van der Waals surface area (Å²) in [6, 6.07) is -0.0255. The van der Waals surface area contributed by atoms with Crippen LogP contribution in [0.5, 0.6) is 0 Å². The first-order valence-corrected chi connectivity index (χ1v) is 4.95. The summed E-state index contributed by atoms with van der Waals surface area (Å²) in [4.78, 5) is 0. The van der Waals surface area contributed by atoms with Gasteiger partial charge in [0.25, 0.3) is 0 Å². The zero-order chi connectivity index (χ0) is 10.1. The Balaban J connectivity index is 2.93. The highest BCUT2D eigenvalue weighted by atomic mass is 14.9. The van der Waals surface area contributed by atoms with Gasteiger partial charge in [0, 0.05) is 6.04 Å². The molecule has 0 heterocycles. The van der Waals surface area contributed by atoms with Crippen LogP contribution in [0.3, 0.4) is 0 Å². The molecule has 0 fully saturated rings. The van der Waals surface area contributed by atoms with Gasteiger partial charge < -0.3 is 11.5 Å². The van der Waals surface area contributed by atoms with Gasteiger partial charge in [0.2, 0.25) is 0 Å². The van der Waals surface area contributed by atoms with Gasteiger partial charge in [-0.2, -0.15) is 0 Å². The van der Waals surface area contributed by atoms with Crippen molar-refractivity contribution in [1.29, 1.82) is 0 Å². The van der Waals surface area contributed by atoms with E-state index < -0.39 is 0 Å². The average molecular weight is 180 g/mol. The van der Waals surface area contributed by atoms with Gasteiger partial charge in [0.1, 0.15) is 0 Å². The molecule has 4 N–H and O–H groups in total. The molecule has 13 heavy (non-hydrogen) atoms. The Kier molecular flexibility index (Phi) is 2.94. The summed E-state index contributed by atoms with van der Waals surface area (Å²) in [5, 5.41) is 0. The van der Waals surface area contributed by atoms with Gasteiger partial charge in [-0.05, 0) is 17.9 Å². The molecule has 0 aromatic heterocycles. The fraction of sp³-hybridized carbons (Fsp3) is 0.636. The molecule has 74 valence electrons. The predicted octanol–water partition coefficient (Wildman–Crippen LogP) is 1.57. The summed E-state index contributed by atoms with van der Waals surface area (Å²) in [7, 11) is 0. The quantitative estimate of drug-likeness (QED) is 0.677. The van der Waals surface area contributed by atoms with Crippen molar-refractivity contribution < 1.29 is 0 Å². The van der Waals surface area contributed by atoms with E-state index in [0.29, 0.717) is 5.92 Å². The fourth-order valence-electron chi connectivity index (χ4n) is 1.75. The second kappa shape index (κ2) is 3.64. The summed E-state index contributed by atoms with van der Waals surface area (Å²) in [6.07, 6.45) is 7.02. The summed E-state index contributed by atoms with van der Waals surface area (Å²) in [5.41, 5.74) is 13.2. The van der Waals surface area contributed by atoms with Gasteiger partial charge in [-0.1, -0.05) is 39.0 Å². The molecule has 0 aromatic carbocycles. The van der Waals surface area contributed by atoms with E-state index in [1.807, 2.05) is 12.2 Å². The van der Waals surface area contributed by atoms with Crippen LogP contribution in [0.15, 0.2) is 23.8 Å². The lowest BCUT2D eigenvalue weighted by Crippen LogP contribution is -2.55. The van der Waals surface area contributed by atoms with Crippen molar-refractivity contribution >= 4 is 0 Å². The Hall–Kier alpha value is -0.600. The maximum atomic E-state index is 6.18. The first-order valence-electron chi connectivity index (χ1n) is 4.95. The number of hydrogen-bond donors (Lipinski definition) is 2. The third-order valence-corrected chi connectivity index (χ3v) is 2.91. The Morgan fingerprint density at radius 1 is 1.54 bits per heavy atom. The molecule has 1 aliphatic carbocycles. The fourth-order valence-corrected chi connectivity index (χ4v) is 1.75. The minimum absolute atomic E-state index is 0.0255. The lowest BCUT2D eigenvalue weighted by Gasteiger charge is -2.36. The summed E-state index contributed by atoms with van der Waals surface area (Å²) >= 11 is 0. The minimum atomic E-state index is -0.339. The molecule has 0 saturated carbocycles. The number of nitrogens with two attached hydrogens (primary N) is 2. The molecule has 1 aliphatic rings. The van der Waals surface area contributed by atoms with Crippen LogP contribution in [0.1, 0.15) is 27.2 Å². The van der Waals surface area contributed by atoms with Crippen molar-refractivity contribution in [2.45, 2.75) is 38.8 Å². The van der Waals surface area contributed by atoms with Crippen LogP contribution < -0.4 is 11.5 Å². The van der Waals surface area contributed by atoms with Crippen molar-refractivity contribution in [2.75, 3.05) is 0 Å². The van der Waals surface area contributed by atoms with Gasteiger partial charge in [0.15, 0.2) is 0 Å². The van der Waals surface area contributed by atoms with Crippen LogP contribution >= 0.6 is 0 Å². The van der Waals surface area contributed by atoms with E-state index in [1.54, 1.807) is 0 Å². The molecule has 2 unspecified atom stereocenters. The van der Waals surface area contributed by atoms with Crippen molar-refractivity contribution in [3.05, 3.63) is 23.8 Å². The Bertz CT molecular complexity index is 240. The van der Waals surface area contributed by atoms with E-state index in [0.717, 1.165) is 6.42 Å². The maximum absolute atomic E-state index is 6.18. The molecule has 2 heteroatoms. The van der Waals surface area contributed by atoms with Crippen LogP contribution in [0, 0.1) is 5.92 Å². The maximum Gasteiger partial charge on any atom is 0.0532 e. The number of allylic oxidation sites excluding steroid dienone is 2. The second-order valence-electron chi connectivity index (χ2n) is 4.12. The molecule has 0 radical (unpaired) electrons. The lowest BCUT2D eigenvalue weighted by molar-refractivity contribution is 0.418. The van der Waals surface area contributed by atoms with Crippen LogP contribution in [0.25, 0.3) is 0 Å². The van der Waals surface area contributed by atoms with Crippen molar-refractivity contribution in [3.8, 4) is 0 Å². The monoisotopic (exact) mass is 180 g/mol. The normalized spacial score (nSPS) is 33.7. The first-order chi connectivity index (χ1) is 6.01. The summed E-state index contributed by atoms with van der Waals surface area (Å²) < 4.78 is 0. The van der Waals surface area contributed by atoms with E-state index >= 15 is 0 Å². The molecular weight excluding hydrogens is 160 g/mol. The van der Waals surface area contributed by atoms with Gasteiger partial charge in [-0.25, -0.2) is 0 Å². The van der Waals surface area contributed by atoms with Gasteiger partial charge >= 0.3 is 0 Å². The lowest BCUT2D eigenvalue weighted by atomic mass is 9.77. The molecule has 0 amide bonds. The highest BCUT2D eigenvalue weighted by Gasteiger charge is 2.32. The van der Waals surface area contributed by atoms with E-state index in [2.05, 4.69) is 26.8 Å². The van der Waals surface area contributed by atoms with Gasteiger partial charge in [0.05, 0.1) is 5.54 Å². The van der Waals surface area contributed by atoms with E-state index in [4.69, 9.17) is 11.5 Å². The van der Waals surface area contributed by atoms with Crippen LogP contribution in [0.2, 0.25) is 0 Å². The van der Waals surface area contributed by atoms with Gasteiger partial charge in [-0.3, -0.25) is 0 Å². The summed E-state index contributed by atoms with van der Waals surface area (Å²) in [5.74, 6) is 0.481. The summed E-state index contributed by atoms with van der Waals surface area (Å²) in [6.45, 7) is 6.38. The van der Waals surface area contributed by atoms with Crippen molar-refractivity contribution in [2.24, 2.45) is 17.4 Å². The Morgan fingerprint density at radius 3 is 2.62 bits per heavy atom. The molecule has 1 rings (SSSR count). The van der Waals surface area contributed by atoms with E-state index in [-0.39, 0.29) is 11.6 Å². The zero-order valence-electron chi connectivity index (χ0n) is 8.75. The standard InChI is InChI=1S/C11H20N2/c1-4-11(13)7-5-6-9(8(2)3)10(11)12/h5-8,10H,4,12-13H2,1-3H3. The second-order valence-corrected chi connectivity index (χ2v) is 4.12. The van der Waals surface area contributed by atoms with Crippen LogP contribution in [-0.2, 0) is 0 Å². The molecule has 0 bridgehead atoms. The molecule has 0 aliphatic heterocycles. The third kappa shape index (κ3) is 1.84. The minimum Gasteiger partial charge on any atom is -0.322 e. The largest absolute Gasteiger partial charge is 0.322 e. The molecule has 0 aromatic rings. The number of rotatable bonds is 2. The van der Waals surface area contributed by atoms with Crippen LogP contribution in [-0.4, -0.2) is 11.6 Å². The predicted molar refractivity (Wildman–Crippen MR) is 57.2 cm³/mol. The highest BCUT2D eigenvalue weighted by Crippen LogP contribution is 2.27. The third-order valence-electron chi connectivity index (χ3n) is 2.91. The first kappa shape index (κ1) is 10.5. The Morgan fingerprint density at radius 2 is 2.15 bits per heavy atom. The molecular formula is C11H20N2. The molecule has 0 saturated heterocycles. The van der Waals surface area contributed by atoms with E-state index in [1.165, 1.54) is 5.57 Å². The van der Waals surface area contributed by atoms with Crippen molar-refractivity contribution in [3.63, 3.8) is 0 Å². The average Bonchev–Trinajstić information content (AvgIpc) is 2.09. The molecule has 2 atom stereocenters. The number of hydrogen-bond acceptors (Lipinski definition) is 2. The Labute approximate surface area is 80.7 Å². The topological polar surface area (TPSA) is 52.0 Å². The van der Waals surface area contributed by atoms with Crippen LogP contribution in [0.4, 0.5) is 0 Å². The van der Waals surface area contributed by atoms with Gasteiger partial charge in [-0.15, -0.1) is 0 Å². The zero-order valence-corrected chi connectivity index (χ0v) is 8.75. The highest BCUT2D eigenvalue weighted by molar-refractivity contribution is 5.33. The van der Waals surface area contributed by atoms with E-state index in [9.17, 15) is 0 Å². The molecule has 2 nitrogen and oxygen atoms in total. The smallest absolute Gasteiger partial charge is 0.0532 e. The van der Waals surface area contributed by atoms with Crippen molar-refractivity contribution in [1.82, 2.24) is 0 Å². The molecule has 0 spiro atoms. The SMILES string of the molecule is CCC1(N)C=CC=C(C(C)C)C1N.